The van der Waals surface area contributed by atoms with Crippen molar-refractivity contribution >= 4 is 32.2 Å². The summed E-state index contributed by atoms with van der Waals surface area (Å²) < 4.78 is 26.4. The molecule has 1 aliphatic heterocycles. The van der Waals surface area contributed by atoms with Gasteiger partial charge in [0, 0.05) is 17.7 Å². The van der Waals surface area contributed by atoms with Gasteiger partial charge in [0.2, 0.25) is 0 Å². The number of carbonyl (C=O) groups excluding carboxylic acids is 1. The predicted molar refractivity (Wildman–Crippen MR) is 88.5 cm³/mol. The highest BCUT2D eigenvalue weighted by Gasteiger charge is 2.43. The first-order valence-electron chi connectivity index (χ1n) is 6.94. The normalized spacial score (nSPS) is 16.5. The predicted octanol–water partition coefficient (Wildman–Crippen LogP) is 2.70. The van der Waals surface area contributed by atoms with Crippen molar-refractivity contribution in [3.8, 4) is 0 Å². The van der Waals surface area contributed by atoms with Gasteiger partial charge in [0.25, 0.3) is 21.6 Å². The van der Waals surface area contributed by atoms with Gasteiger partial charge in [0.05, 0.1) is 10.6 Å². The maximum absolute atomic E-state index is 12.8. The number of anilines is 1. The number of carbonyl (C=O) groups is 1. The van der Waals surface area contributed by atoms with Gasteiger partial charge in [-0.05, 0) is 24.6 Å². The second-order valence-electron chi connectivity index (χ2n) is 5.17. The van der Waals surface area contributed by atoms with Crippen LogP contribution in [0.5, 0.6) is 0 Å². The lowest BCUT2D eigenvalue weighted by Crippen LogP contribution is -2.31. The maximum atomic E-state index is 12.8. The number of nitro groups is 1. The van der Waals surface area contributed by atoms with Gasteiger partial charge >= 0.3 is 0 Å². The highest BCUT2D eigenvalue weighted by molar-refractivity contribution is 8.03. The number of benzene rings is 2. The van der Waals surface area contributed by atoms with Crippen molar-refractivity contribution < 1.29 is 18.1 Å². The summed E-state index contributed by atoms with van der Waals surface area (Å²) >= 11 is 0. The largest absolute Gasteiger partial charge is 0.272 e. The smallest absolute Gasteiger partial charge is 0.268 e. The zero-order valence-corrected chi connectivity index (χ0v) is 13.4. The van der Waals surface area contributed by atoms with Crippen molar-refractivity contribution in [3.05, 3.63) is 75.8 Å². The van der Waals surface area contributed by atoms with Gasteiger partial charge in [0.1, 0.15) is 4.91 Å². The number of amides is 1. The third-order valence-corrected chi connectivity index (χ3v) is 5.59. The number of hydrogen-bond acceptors (Lipinski definition) is 5. The zero-order chi connectivity index (χ0) is 17.5. The van der Waals surface area contributed by atoms with E-state index < -0.39 is 20.9 Å². The van der Waals surface area contributed by atoms with Gasteiger partial charge in [-0.3, -0.25) is 14.9 Å². The lowest BCUT2D eigenvalue weighted by atomic mass is 10.1. The Bertz CT molecular complexity index is 963. The van der Waals surface area contributed by atoms with E-state index in [-0.39, 0.29) is 21.9 Å². The molecule has 0 atom stereocenters. The summed E-state index contributed by atoms with van der Waals surface area (Å²) in [6.07, 6.45) is 0. The molecule has 0 saturated heterocycles. The summed E-state index contributed by atoms with van der Waals surface area (Å²) in [5, 5.41) is 10.7. The Morgan fingerprint density at radius 1 is 1.00 bits per heavy atom. The van der Waals surface area contributed by atoms with E-state index in [0.29, 0.717) is 9.87 Å². The van der Waals surface area contributed by atoms with Crippen molar-refractivity contribution in [2.45, 2.75) is 6.92 Å². The number of hydrogen-bond donors (Lipinski definition) is 0. The third-order valence-electron chi connectivity index (χ3n) is 3.68. The summed E-state index contributed by atoms with van der Waals surface area (Å²) in [6, 6.07) is 13.2. The number of sulfonamides is 1. The molecule has 2 aromatic rings. The monoisotopic (exact) mass is 344 g/mol. The van der Waals surface area contributed by atoms with Crippen LogP contribution in [0.3, 0.4) is 0 Å². The molecule has 0 bridgehead atoms. The van der Waals surface area contributed by atoms with E-state index in [4.69, 9.17) is 0 Å². The van der Waals surface area contributed by atoms with Gasteiger partial charge in [0.15, 0.2) is 0 Å². The molecule has 8 heteroatoms. The summed E-state index contributed by atoms with van der Waals surface area (Å²) in [5.41, 5.74) is 0.416. The molecule has 1 amide bonds. The fourth-order valence-corrected chi connectivity index (χ4v) is 4.41. The minimum Gasteiger partial charge on any atom is -0.268 e. The average Bonchev–Trinajstić information content (AvgIpc) is 2.73. The second kappa shape index (κ2) is 5.57. The molecular formula is C16H12N2O5S. The van der Waals surface area contributed by atoms with E-state index in [1.54, 1.807) is 30.3 Å². The van der Waals surface area contributed by atoms with Crippen LogP contribution in [-0.4, -0.2) is 19.2 Å². The lowest BCUT2D eigenvalue weighted by molar-refractivity contribution is -0.384. The standard InChI is InChI=1S/C16H12N2O5S/c1-11-15(12-5-3-2-4-6-12)24(22,23)17(16(11)19)13-7-9-14(10-8-13)18(20)21/h2-10H,1H3. The SMILES string of the molecule is CC1=C(c2ccccc2)S(=O)(=O)N(c2ccc([N+](=O)[O-])cc2)C1=O. The van der Waals surface area contributed by atoms with Crippen molar-refractivity contribution in [1.29, 1.82) is 0 Å². The summed E-state index contributed by atoms with van der Waals surface area (Å²) in [7, 11) is -4.07. The molecular weight excluding hydrogens is 332 g/mol. The molecule has 0 fully saturated rings. The van der Waals surface area contributed by atoms with Gasteiger partial charge in [-0.2, -0.15) is 4.31 Å². The van der Waals surface area contributed by atoms with Crippen molar-refractivity contribution in [2.75, 3.05) is 4.31 Å². The van der Waals surface area contributed by atoms with Crippen LogP contribution >= 0.6 is 0 Å². The first kappa shape index (κ1) is 15.9. The van der Waals surface area contributed by atoms with Gasteiger partial charge in [-0.25, -0.2) is 8.42 Å². The molecule has 24 heavy (non-hydrogen) atoms. The van der Waals surface area contributed by atoms with Gasteiger partial charge < -0.3 is 0 Å². The van der Waals surface area contributed by atoms with E-state index in [0.717, 1.165) is 12.1 Å². The minimum absolute atomic E-state index is 0.0496. The number of non-ortho nitro benzene ring substituents is 1. The molecule has 1 aliphatic rings. The minimum atomic E-state index is -4.07. The molecule has 2 aromatic carbocycles. The molecule has 0 aromatic heterocycles. The second-order valence-corrected chi connectivity index (χ2v) is 6.89. The highest BCUT2D eigenvalue weighted by atomic mass is 32.2. The Morgan fingerprint density at radius 2 is 1.58 bits per heavy atom. The highest BCUT2D eigenvalue weighted by Crippen LogP contribution is 2.38. The van der Waals surface area contributed by atoms with Crippen LogP contribution in [0.15, 0.2) is 60.2 Å². The molecule has 122 valence electrons. The van der Waals surface area contributed by atoms with E-state index in [2.05, 4.69) is 0 Å². The third kappa shape index (κ3) is 2.37. The van der Waals surface area contributed by atoms with Crippen LogP contribution in [0.25, 0.3) is 4.91 Å². The Kier molecular flexibility index (Phi) is 3.69. The first-order chi connectivity index (χ1) is 11.3. The molecule has 1 heterocycles. The van der Waals surface area contributed by atoms with Crippen LogP contribution in [0.2, 0.25) is 0 Å². The lowest BCUT2D eigenvalue weighted by Gasteiger charge is -2.16. The number of nitrogens with zero attached hydrogens (tertiary/aromatic N) is 2. The van der Waals surface area contributed by atoms with Crippen molar-refractivity contribution in [1.82, 2.24) is 0 Å². The fourth-order valence-electron chi connectivity index (χ4n) is 2.56. The number of nitro benzene ring substituents is 1. The molecule has 0 saturated carbocycles. The molecule has 0 N–H and O–H groups in total. The van der Waals surface area contributed by atoms with Gasteiger partial charge in [-0.1, -0.05) is 30.3 Å². The number of rotatable bonds is 3. The summed E-state index contributed by atoms with van der Waals surface area (Å²) in [4.78, 5) is 22.5. The Labute approximate surface area is 138 Å². The molecule has 0 spiro atoms. The molecule has 0 aliphatic carbocycles. The van der Waals surface area contributed by atoms with Crippen LogP contribution < -0.4 is 4.31 Å². The summed E-state index contributed by atoms with van der Waals surface area (Å²) in [5.74, 6) is -0.664. The van der Waals surface area contributed by atoms with Gasteiger partial charge in [-0.15, -0.1) is 0 Å². The van der Waals surface area contributed by atoms with Crippen molar-refractivity contribution in [2.24, 2.45) is 0 Å². The van der Waals surface area contributed by atoms with E-state index >= 15 is 0 Å². The van der Waals surface area contributed by atoms with Crippen LogP contribution in [-0.2, 0) is 14.8 Å². The topological polar surface area (TPSA) is 97.6 Å². The van der Waals surface area contributed by atoms with Crippen LogP contribution in [0.4, 0.5) is 11.4 Å². The maximum Gasteiger partial charge on any atom is 0.272 e. The fraction of sp³-hybridized carbons (Fsp3) is 0.0625. The molecule has 3 rings (SSSR count). The van der Waals surface area contributed by atoms with Crippen LogP contribution in [0.1, 0.15) is 12.5 Å². The van der Waals surface area contributed by atoms with E-state index in [1.165, 1.54) is 19.1 Å². The Hall–Kier alpha value is -3.00. The molecule has 7 nitrogen and oxygen atoms in total. The Balaban J connectivity index is 2.10. The van der Waals surface area contributed by atoms with Crippen LogP contribution in [0, 0.1) is 10.1 Å². The quantitative estimate of drug-likeness (QED) is 0.630. The summed E-state index contributed by atoms with van der Waals surface area (Å²) in [6.45, 7) is 1.45. The van der Waals surface area contributed by atoms with E-state index in [9.17, 15) is 23.3 Å². The van der Waals surface area contributed by atoms with Crippen molar-refractivity contribution in [3.63, 3.8) is 0 Å². The zero-order valence-electron chi connectivity index (χ0n) is 12.5. The van der Waals surface area contributed by atoms with E-state index in [1.807, 2.05) is 0 Å². The molecule has 0 radical (unpaired) electrons. The first-order valence-corrected chi connectivity index (χ1v) is 8.38. The average molecular weight is 344 g/mol. The molecule has 0 unspecified atom stereocenters. The Morgan fingerprint density at radius 3 is 2.12 bits per heavy atom.